The second kappa shape index (κ2) is 10.7. The van der Waals surface area contributed by atoms with Gasteiger partial charge in [0.15, 0.2) is 11.5 Å². The number of nitro benzene ring substituents is 2. The van der Waals surface area contributed by atoms with Crippen LogP contribution >= 0.6 is 0 Å². The summed E-state index contributed by atoms with van der Waals surface area (Å²) in [6.07, 6.45) is 2.18. The number of carbonyl (C=O) groups excluding carboxylic acids is 2. The molecule has 0 saturated heterocycles. The Morgan fingerprint density at radius 2 is 1.44 bits per heavy atom. The number of hydrogen-bond acceptors (Lipinski definition) is 10. The van der Waals surface area contributed by atoms with Crippen LogP contribution in [0.15, 0.2) is 36.4 Å². The predicted octanol–water partition coefficient (Wildman–Crippen LogP) is 3.26. The topological polar surface area (TPSA) is 168 Å². The molecule has 0 spiro atoms. The van der Waals surface area contributed by atoms with Gasteiger partial charge in [-0.3, -0.25) is 20.2 Å². The molecular weight excluding hydrogens is 428 g/mol. The number of esters is 2. The molecule has 0 aliphatic heterocycles. The average molecular weight is 448 g/mol. The number of ether oxygens (including phenoxy) is 3. The SMILES string of the molecule is COC(=O)c1ccc([N+](=O)[O-])c(O)c1.COC(=O)c1ccc([N+](=O)[O-])c(OCC2CC2)c1. The van der Waals surface area contributed by atoms with Crippen LogP contribution in [0.25, 0.3) is 0 Å². The van der Waals surface area contributed by atoms with Gasteiger partial charge in [0, 0.05) is 24.3 Å². The Morgan fingerprint density at radius 1 is 0.938 bits per heavy atom. The van der Waals surface area contributed by atoms with Gasteiger partial charge in [0.2, 0.25) is 0 Å². The van der Waals surface area contributed by atoms with Crippen molar-refractivity contribution in [3.8, 4) is 11.5 Å². The average Bonchev–Trinajstić information content (AvgIpc) is 3.60. The second-order valence-corrected chi connectivity index (χ2v) is 6.64. The Hall–Kier alpha value is -4.22. The molecular formula is C20H20N2O10. The van der Waals surface area contributed by atoms with Gasteiger partial charge < -0.3 is 19.3 Å². The minimum atomic E-state index is -0.740. The molecule has 1 saturated carbocycles. The van der Waals surface area contributed by atoms with E-state index in [9.17, 15) is 29.8 Å². The molecule has 0 unspecified atom stereocenters. The maximum atomic E-state index is 11.3. The van der Waals surface area contributed by atoms with Gasteiger partial charge in [-0.2, -0.15) is 0 Å². The number of nitrogens with zero attached hydrogens (tertiary/aromatic N) is 2. The third kappa shape index (κ3) is 6.39. The summed E-state index contributed by atoms with van der Waals surface area (Å²) in [5.74, 6) is -1.16. The number of hydrogen-bond donors (Lipinski definition) is 1. The van der Waals surface area contributed by atoms with Gasteiger partial charge in [0.05, 0.1) is 41.8 Å². The Labute approximate surface area is 181 Å². The summed E-state index contributed by atoms with van der Waals surface area (Å²) in [5.41, 5.74) is -0.273. The summed E-state index contributed by atoms with van der Waals surface area (Å²) in [4.78, 5) is 42.2. The fourth-order valence-electron chi connectivity index (χ4n) is 2.44. The highest BCUT2D eigenvalue weighted by Crippen LogP contribution is 2.33. The molecule has 0 aromatic heterocycles. The Bertz CT molecular complexity index is 1030. The van der Waals surface area contributed by atoms with E-state index in [2.05, 4.69) is 9.47 Å². The van der Waals surface area contributed by atoms with Crippen molar-refractivity contribution >= 4 is 23.3 Å². The van der Waals surface area contributed by atoms with Gasteiger partial charge >= 0.3 is 23.3 Å². The number of phenolic OH excluding ortho intramolecular Hbond substituents is 1. The quantitative estimate of drug-likeness (QED) is 0.377. The van der Waals surface area contributed by atoms with E-state index in [1.807, 2.05) is 0 Å². The molecule has 0 amide bonds. The first-order chi connectivity index (χ1) is 15.2. The van der Waals surface area contributed by atoms with Gasteiger partial charge in [-0.1, -0.05) is 0 Å². The monoisotopic (exact) mass is 448 g/mol. The summed E-state index contributed by atoms with van der Waals surface area (Å²) in [7, 11) is 2.44. The van der Waals surface area contributed by atoms with E-state index in [4.69, 9.17) is 9.84 Å². The molecule has 3 rings (SSSR count). The largest absolute Gasteiger partial charge is 0.502 e. The highest BCUT2D eigenvalue weighted by atomic mass is 16.6. The Balaban J connectivity index is 0.000000235. The molecule has 32 heavy (non-hydrogen) atoms. The molecule has 1 fully saturated rings. The minimum absolute atomic E-state index is 0.0654. The molecule has 12 heteroatoms. The first-order valence-corrected chi connectivity index (χ1v) is 9.23. The first kappa shape index (κ1) is 24.1. The standard InChI is InChI=1S/C12H13NO5.C8H7NO5/c1-17-12(14)9-4-5-10(13(15)16)11(6-9)18-7-8-2-3-8;1-14-8(11)5-2-3-6(9(12)13)7(10)4-5/h4-6,8H,2-3,7H2,1H3;2-4,10H,1H3. The van der Waals surface area contributed by atoms with Gasteiger partial charge in [0.25, 0.3) is 0 Å². The zero-order valence-corrected chi connectivity index (χ0v) is 17.2. The van der Waals surface area contributed by atoms with Crippen LogP contribution in [0, 0.1) is 26.1 Å². The number of aromatic hydroxyl groups is 1. The lowest BCUT2D eigenvalue weighted by atomic mass is 10.2. The van der Waals surface area contributed by atoms with Gasteiger partial charge in [-0.05, 0) is 30.9 Å². The van der Waals surface area contributed by atoms with Crippen LogP contribution < -0.4 is 4.74 Å². The number of carbonyl (C=O) groups is 2. The number of phenols is 1. The van der Waals surface area contributed by atoms with Gasteiger partial charge in [0.1, 0.15) is 0 Å². The molecule has 1 N–H and O–H groups in total. The van der Waals surface area contributed by atoms with Crippen molar-refractivity contribution < 1.29 is 38.8 Å². The molecule has 0 atom stereocenters. The highest BCUT2D eigenvalue weighted by Gasteiger charge is 2.25. The lowest BCUT2D eigenvalue weighted by Crippen LogP contribution is -2.05. The zero-order valence-electron chi connectivity index (χ0n) is 17.2. The molecule has 2 aromatic rings. The highest BCUT2D eigenvalue weighted by molar-refractivity contribution is 5.90. The van der Waals surface area contributed by atoms with Crippen molar-refractivity contribution in [2.45, 2.75) is 12.8 Å². The first-order valence-electron chi connectivity index (χ1n) is 9.23. The molecule has 1 aliphatic rings. The number of rotatable bonds is 7. The Kier molecular flexibility index (Phi) is 8.04. The lowest BCUT2D eigenvalue weighted by molar-refractivity contribution is -0.386. The van der Waals surface area contributed by atoms with Crippen molar-refractivity contribution in [2.75, 3.05) is 20.8 Å². The van der Waals surface area contributed by atoms with E-state index in [1.165, 1.54) is 38.5 Å². The fourth-order valence-corrected chi connectivity index (χ4v) is 2.44. The van der Waals surface area contributed by atoms with Crippen LogP contribution in [0.1, 0.15) is 33.6 Å². The van der Waals surface area contributed by atoms with Crippen LogP contribution in [0.4, 0.5) is 11.4 Å². The Morgan fingerprint density at radius 3 is 1.88 bits per heavy atom. The number of methoxy groups -OCH3 is 2. The van der Waals surface area contributed by atoms with E-state index >= 15 is 0 Å². The van der Waals surface area contributed by atoms with E-state index in [0.717, 1.165) is 25.0 Å². The summed E-state index contributed by atoms with van der Waals surface area (Å²) >= 11 is 0. The summed E-state index contributed by atoms with van der Waals surface area (Å²) in [6, 6.07) is 7.21. The molecule has 12 nitrogen and oxygen atoms in total. The summed E-state index contributed by atoms with van der Waals surface area (Å²) in [6.45, 7) is 0.450. The molecule has 0 bridgehead atoms. The molecule has 2 aromatic carbocycles. The van der Waals surface area contributed by atoms with E-state index in [1.54, 1.807) is 0 Å². The normalized spacial score (nSPS) is 12.1. The van der Waals surface area contributed by atoms with Crippen LogP contribution in [0.2, 0.25) is 0 Å². The molecule has 170 valence electrons. The number of benzene rings is 2. The lowest BCUT2D eigenvalue weighted by Gasteiger charge is -2.07. The van der Waals surface area contributed by atoms with Crippen molar-refractivity contribution in [2.24, 2.45) is 5.92 Å². The summed E-state index contributed by atoms with van der Waals surface area (Å²) in [5, 5.41) is 30.3. The molecule has 0 radical (unpaired) electrons. The van der Waals surface area contributed by atoms with E-state index in [0.29, 0.717) is 12.5 Å². The van der Waals surface area contributed by atoms with Crippen molar-refractivity contribution in [1.29, 1.82) is 0 Å². The van der Waals surface area contributed by atoms with E-state index in [-0.39, 0.29) is 22.6 Å². The third-order valence-electron chi connectivity index (χ3n) is 4.34. The fraction of sp³-hybridized carbons (Fsp3) is 0.300. The van der Waals surface area contributed by atoms with Crippen molar-refractivity contribution in [3.63, 3.8) is 0 Å². The van der Waals surface area contributed by atoms with Crippen LogP contribution in [0.5, 0.6) is 11.5 Å². The molecule has 0 heterocycles. The summed E-state index contributed by atoms with van der Waals surface area (Å²) < 4.78 is 14.3. The smallest absolute Gasteiger partial charge is 0.337 e. The van der Waals surface area contributed by atoms with Crippen LogP contribution in [-0.4, -0.2) is 47.7 Å². The predicted molar refractivity (Wildman–Crippen MR) is 109 cm³/mol. The zero-order chi connectivity index (χ0) is 23.8. The van der Waals surface area contributed by atoms with Crippen LogP contribution in [0.3, 0.4) is 0 Å². The van der Waals surface area contributed by atoms with Crippen molar-refractivity contribution in [1.82, 2.24) is 0 Å². The third-order valence-corrected chi connectivity index (χ3v) is 4.34. The number of nitro groups is 2. The van der Waals surface area contributed by atoms with Crippen molar-refractivity contribution in [3.05, 3.63) is 67.8 Å². The maximum absolute atomic E-state index is 11.3. The maximum Gasteiger partial charge on any atom is 0.337 e. The van der Waals surface area contributed by atoms with Gasteiger partial charge in [-0.25, -0.2) is 9.59 Å². The molecule has 1 aliphatic carbocycles. The van der Waals surface area contributed by atoms with E-state index < -0.39 is 33.2 Å². The second-order valence-electron chi connectivity index (χ2n) is 6.64. The van der Waals surface area contributed by atoms with Crippen LogP contribution in [-0.2, 0) is 9.47 Å². The van der Waals surface area contributed by atoms with Gasteiger partial charge in [-0.15, -0.1) is 0 Å². The minimum Gasteiger partial charge on any atom is -0.502 e.